The highest BCUT2D eigenvalue weighted by molar-refractivity contribution is 5.80. The topological polar surface area (TPSA) is 56.7 Å². The Morgan fingerprint density at radius 3 is 2.78 bits per heavy atom. The van der Waals surface area contributed by atoms with Gasteiger partial charge in [-0.15, -0.1) is 6.58 Å². The molecule has 112 valence electrons. The Hall–Kier alpha value is -3.21. The second kappa shape index (κ2) is 5.53. The second-order valence-corrected chi connectivity index (χ2v) is 5.18. The summed E-state index contributed by atoms with van der Waals surface area (Å²) in [5.41, 5.74) is 3.73. The van der Waals surface area contributed by atoms with Gasteiger partial charge in [0.25, 0.3) is 5.89 Å². The third-order valence-corrected chi connectivity index (χ3v) is 3.65. The van der Waals surface area contributed by atoms with Crippen LogP contribution in [0.3, 0.4) is 0 Å². The van der Waals surface area contributed by atoms with Crippen LogP contribution in [0.15, 0.2) is 72.0 Å². The average molecular weight is 302 g/mol. The fourth-order valence-corrected chi connectivity index (χ4v) is 2.53. The predicted octanol–water partition coefficient (Wildman–Crippen LogP) is 3.94. The van der Waals surface area contributed by atoms with Crippen molar-refractivity contribution in [2.24, 2.45) is 0 Å². The maximum absolute atomic E-state index is 5.40. The molecule has 5 nitrogen and oxygen atoms in total. The van der Waals surface area contributed by atoms with Crippen molar-refractivity contribution >= 4 is 11.0 Å². The van der Waals surface area contributed by atoms with Crippen molar-refractivity contribution in [3.8, 4) is 22.8 Å². The van der Waals surface area contributed by atoms with E-state index in [1.165, 1.54) is 0 Å². The summed E-state index contributed by atoms with van der Waals surface area (Å²) in [5, 5.41) is 4.05. The van der Waals surface area contributed by atoms with E-state index in [2.05, 4.69) is 21.7 Å². The molecule has 5 heteroatoms. The Morgan fingerprint density at radius 2 is 1.96 bits per heavy atom. The van der Waals surface area contributed by atoms with Gasteiger partial charge in [0.15, 0.2) is 0 Å². The maximum atomic E-state index is 5.40. The van der Waals surface area contributed by atoms with Gasteiger partial charge in [-0.25, -0.2) is 4.98 Å². The standard InChI is InChI=1S/C18H14N4O/c1-2-10-22-12-19-15-11-14(8-9-16(15)22)18-20-17(21-23-18)13-6-4-3-5-7-13/h2-9,11-12H,1,10H2. The van der Waals surface area contributed by atoms with Crippen LogP contribution in [0, 0.1) is 0 Å². The molecule has 0 N–H and O–H groups in total. The molecule has 2 aromatic carbocycles. The molecule has 0 radical (unpaired) electrons. The van der Waals surface area contributed by atoms with E-state index in [0.717, 1.165) is 28.7 Å². The molecule has 4 aromatic rings. The first-order valence-corrected chi connectivity index (χ1v) is 7.30. The van der Waals surface area contributed by atoms with E-state index in [1.807, 2.05) is 59.2 Å². The second-order valence-electron chi connectivity index (χ2n) is 5.18. The fourth-order valence-electron chi connectivity index (χ4n) is 2.53. The van der Waals surface area contributed by atoms with Crippen LogP contribution >= 0.6 is 0 Å². The molecule has 2 aromatic heterocycles. The molecule has 0 amide bonds. The van der Waals surface area contributed by atoms with Crippen LogP contribution < -0.4 is 0 Å². The summed E-state index contributed by atoms with van der Waals surface area (Å²) in [7, 11) is 0. The summed E-state index contributed by atoms with van der Waals surface area (Å²) in [6.07, 6.45) is 3.65. The van der Waals surface area contributed by atoms with Crippen LogP contribution in [0.5, 0.6) is 0 Å². The molecule has 0 aliphatic rings. The van der Waals surface area contributed by atoms with E-state index in [4.69, 9.17) is 4.52 Å². The van der Waals surface area contributed by atoms with E-state index in [-0.39, 0.29) is 0 Å². The number of imidazole rings is 1. The molecule has 0 bridgehead atoms. The third-order valence-electron chi connectivity index (χ3n) is 3.65. The molecule has 0 aliphatic heterocycles. The smallest absolute Gasteiger partial charge is 0.258 e. The number of benzene rings is 2. The van der Waals surface area contributed by atoms with Crippen LogP contribution in [0.2, 0.25) is 0 Å². The molecule has 0 unspecified atom stereocenters. The van der Waals surface area contributed by atoms with Crippen molar-refractivity contribution in [3.63, 3.8) is 0 Å². The molecular formula is C18H14N4O. The zero-order chi connectivity index (χ0) is 15.6. The van der Waals surface area contributed by atoms with E-state index < -0.39 is 0 Å². The molecular weight excluding hydrogens is 288 g/mol. The van der Waals surface area contributed by atoms with E-state index in [0.29, 0.717) is 11.7 Å². The number of aromatic nitrogens is 4. The summed E-state index contributed by atoms with van der Waals surface area (Å²) >= 11 is 0. The average Bonchev–Trinajstić information content (AvgIpc) is 3.23. The summed E-state index contributed by atoms with van der Waals surface area (Å²) < 4.78 is 7.43. The lowest BCUT2D eigenvalue weighted by atomic mass is 10.2. The first-order chi connectivity index (χ1) is 11.3. The van der Waals surface area contributed by atoms with Crippen molar-refractivity contribution in [2.75, 3.05) is 0 Å². The molecule has 23 heavy (non-hydrogen) atoms. The fraction of sp³-hybridized carbons (Fsp3) is 0.0556. The van der Waals surface area contributed by atoms with Crippen LogP contribution in [-0.2, 0) is 6.54 Å². The molecule has 0 saturated heterocycles. The Morgan fingerprint density at radius 1 is 1.09 bits per heavy atom. The number of rotatable bonds is 4. The Kier molecular flexibility index (Phi) is 3.24. The highest BCUT2D eigenvalue weighted by Gasteiger charge is 2.12. The Balaban J connectivity index is 1.72. The summed E-state index contributed by atoms with van der Waals surface area (Å²) in [5.74, 6) is 1.07. The highest BCUT2D eigenvalue weighted by atomic mass is 16.5. The van der Waals surface area contributed by atoms with Crippen molar-refractivity contribution in [1.82, 2.24) is 19.7 Å². The highest BCUT2D eigenvalue weighted by Crippen LogP contribution is 2.25. The van der Waals surface area contributed by atoms with Crippen LogP contribution in [0.25, 0.3) is 33.9 Å². The van der Waals surface area contributed by atoms with Gasteiger partial charge in [-0.05, 0) is 18.2 Å². The van der Waals surface area contributed by atoms with E-state index >= 15 is 0 Å². The minimum Gasteiger partial charge on any atom is -0.334 e. The lowest BCUT2D eigenvalue weighted by molar-refractivity contribution is 0.432. The first kappa shape index (κ1) is 13.5. The van der Waals surface area contributed by atoms with Gasteiger partial charge in [-0.2, -0.15) is 4.98 Å². The largest absolute Gasteiger partial charge is 0.334 e. The van der Waals surface area contributed by atoms with Gasteiger partial charge >= 0.3 is 0 Å². The Bertz CT molecular complexity index is 969. The quantitative estimate of drug-likeness (QED) is 0.536. The lowest BCUT2D eigenvalue weighted by Gasteiger charge is -1.99. The number of allylic oxidation sites excluding steroid dienone is 1. The normalized spacial score (nSPS) is 11.0. The van der Waals surface area contributed by atoms with Crippen LogP contribution in [-0.4, -0.2) is 19.7 Å². The lowest BCUT2D eigenvalue weighted by Crippen LogP contribution is -1.91. The van der Waals surface area contributed by atoms with Gasteiger partial charge in [0.05, 0.1) is 17.4 Å². The van der Waals surface area contributed by atoms with Gasteiger partial charge in [0, 0.05) is 17.7 Å². The number of hydrogen-bond acceptors (Lipinski definition) is 4. The molecule has 0 saturated carbocycles. The molecule has 0 fully saturated rings. The zero-order valence-electron chi connectivity index (χ0n) is 12.4. The predicted molar refractivity (Wildman–Crippen MR) is 88.7 cm³/mol. The van der Waals surface area contributed by atoms with Crippen LogP contribution in [0.4, 0.5) is 0 Å². The van der Waals surface area contributed by atoms with Crippen LogP contribution in [0.1, 0.15) is 0 Å². The zero-order valence-corrected chi connectivity index (χ0v) is 12.4. The summed E-state index contributed by atoms with van der Waals surface area (Å²) in [4.78, 5) is 8.89. The van der Waals surface area contributed by atoms with E-state index in [9.17, 15) is 0 Å². The minimum atomic E-state index is 0.490. The minimum absolute atomic E-state index is 0.490. The van der Waals surface area contributed by atoms with Crippen molar-refractivity contribution in [3.05, 3.63) is 67.5 Å². The number of fused-ring (bicyclic) bond motifs is 1. The van der Waals surface area contributed by atoms with Crippen molar-refractivity contribution in [2.45, 2.75) is 6.54 Å². The number of nitrogens with zero attached hydrogens (tertiary/aromatic N) is 4. The first-order valence-electron chi connectivity index (χ1n) is 7.30. The van der Waals surface area contributed by atoms with Gasteiger partial charge in [0.2, 0.25) is 5.82 Å². The summed E-state index contributed by atoms with van der Waals surface area (Å²) in [6, 6.07) is 15.7. The van der Waals surface area contributed by atoms with Gasteiger partial charge in [-0.3, -0.25) is 0 Å². The molecule has 2 heterocycles. The summed E-state index contributed by atoms with van der Waals surface area (Å²) in [6.45, 7) is 4.49. The molecule has 0 aliphatic carbocycles. The molecule has 0 spiro atoms. The van der Waals surface area contributed by atoms with Crippen molar-refractivity contribution in [1.29, 1.82) is 0 Å². The molecule has 4 rings (SSSR count). The van der Waals surface area contributed by atoms with Gasteiger partial charge < -0.3 is 9.09 Å². The maximum Gasteiger partial charge on any atom is 0.258 e. The third kappa shape index (κ3) is 2.42. The van der Waals surface area contributed by atoms with Crippen molar-refractivity contribution < 1.29 is 4.52 Å². The Labute approximate surface area is 132 Å². The SMILES string of the molecule is C=CCn1cnc2cc(-c3nc(-c4ccccc4)no3)ccc21. The number of hydrogen-bond donors (Lipinski definition) is 0. The monoisotopic (exact) mass is 302 g/mol. The van der Waals surface area contributed by atoms with Gasteiger partial charge in [0.1, 0.15) is 0 Å². The van der Waals surface area contributed by atoms with Gasteiger partial charge in [-0.1, -0.05) is 41.6 Å². The molecule has 0 atom stereocenters. The van der Waals surface area contributed by atoms with E-state index in [1.54, 1.807) is 6.33 Å².